The first kappa shape index (κ1) is 19.8. The number of nitrogens with zero attached hydrogens (tertiary/aromatic N) is 2. The number of methoxy groups -OCH3 is 1. The van der Waals surface area contributed by atoms with E-state index >= 15 is 0 Å². The first-order chi connectivity index (χ1) is 15.6. The lowest BCUT2D eigenvalue weighted by molar-refractivity contribution is 0.0175. The number of piperidine rings is 2. The van der Waals surface area contributed by atoms with Gasteiger partial charge in [-0.2, -0.15) is 0 Å². The Kier molecular flexibility index (Phi) is 4.56. The van der Waals surface area contributed by atoms with Gasteiger partial charge in [0.1, 0.15) is 11.3 Å². The second-order valence-corrected chi connectivity index (χ2v) is 9.62. The average Bonchev–Trinajstić information content (AvgIpc) is 2.94. The Balaban J connectivity index is 1.38. The van der Waals surface area contributed by atoms with Gasteiger partial charge in [0.05, 0.1) is 7.11 Å². The van der Waals surface area contributed by atoms with E-state index in [9.17, 15) is 4.79 Å². The van der Waals surface area contributed by atoms with Crippen molar-refractivity contribution in [3.8, 4) is 5.75 Å². The van der Waals surface area contributed by atoms with Crippen molar-refractivity contribution in [2.24, 2.45) is 5.92 Å². The predicted molar refractivity (Wildman–Crippen MR) is 123 cm³/mol. The summed E-state index contributed by atoms with van der Waals surface area (Å²) in [5.41, 5.74) is 2.77. The SMILES string of the molecule is COc1ccc2c(C)c(C(=O)N[C@H]3C4CN5CCN(C4)CC3(c3ccccc3)C5)oc2c1. The summed E-state index contributed by atoms with van der Waals surface area (Å²) in [6.07, 6.45) is 0. The van der Waals surface area contributed by atoms with Crippen LogP contribution >= 0.6 is 0 Å². The van der Waals surface area contributed by atoms with Crippen LogP contribution in [0.15, 0.2) is 52.9 Å². The van der Waals surface area contributed by atoms with Crippen LogP contribution in [0, 0.1) is 12.8 Å². The first-order valence-electron chi connectivity index (χ1n) is 11.5. The fourth-order valence-corrected chi connectivity index (χ4v) is 6.32. The molecule has 0 saturated carbocycles. The van der Waals surface area contributed by atoms with E-state index in [1.165, 1.54) is 5.56 Å². The summed E-state index contributed by atoms with van der Waals surface area (Å²) < 4.78 is 11.4. The summed E-state index contributed by atoms with van der Waals surface area (Å²) in [5, 5.41) is 4.41. The molecule has 0 spiro atoms. The maximum atomic E-state index is 13.6. The molecular formula is C26H29N3O3. The van der Waals surface area contributed by atoms with Crippen LogP contribution in [0.25, 0.3) is 11.0 Å². The van der Waals surface area contributed by atoms with Crippen LogP contribution in [0.4, 0.5) is 0 Å². The Morgan fingerprint density at radius 1 is 1.09 bits per heavy atom. The highest BCUT2D eigenvalue weighted by Gasteiger charge is 2.55. The number of benzene rings is 2. The Hall–Kier alpha value is -2.83. The molecule has 1 amide bonds. The lowest BCUT2D eigenvalue weighted by Crippen LogP contribution is -2.70. The smallest absolute Gasteiger partial charge is 0.287 e. The Labute approximate surface area is 188 Å². The topological polar surface area (TPSA) is 58.0 Å². The number of hydrogen-bond acceptors (Lipinski definition) is 5. The molecule has 4 aliphatic heterocycles. The third-order valence-corrected chi connectivity index (χ3v) is 7.78. The normalized spacial score (nSPS) is 30.9. The van der Waals surface area contributed by atoms with Gasteiger partial charge in [-0.1, -0.05) is 30.3 Å². The molecule has 6 nitrogen and oxygen atoms in total. The van der Waals surface area contributed by atoms with E-state index in [4.69, 9.17) is 9.15 Å². The highest BCUT2D eigenvalue weighted by Crippen LogP contribution is 2.43. The second-order valence-electron chi connectivity index (χ2n) is 9.62. The lowest BCUT2D eigenvalue weighted by atomic mass is 9.64. The quantitative estimate of drug-likeness (QED) is 0.688. The first-order valence-corrected chi connectivity index (χ1v) is 11.5. The van der Waals surface area contributed by atoms with Crippen LogP contribution < -0.4 is 10.1 Å². The molecule has 4 saturated heterocycles. The molecule has 5 heterocycles. The van der Waals surface area contributed by atoms with Crippen LogP contribution in [-0.2, 0) is 5.41 Å². The molecule has 166 valence electrons. The number of rotatable bonds is 4. The average molecular weight is 432 g/mol. The van der Waals surface area contributed by atoms with E-state index in [1.54, 1.807) is 7.11 Å². The molecule has 4 aliphatic rings. The van der Waals surface area contributed by atoms with Crippen molar-refractivity contribution in [3.05, 3.63) is 65.4 Å². The molecule has 4 bridgehead atoms. The van der Waals surface area contributed by atoms with Gasteiger partial charge in [-0.15, -0.1) is 0 Å². The molecule has 3 aromatic rings. The predicted octanol–water partition coefficient (Wildman–Crippen LogP) is 3.05. The van der Waals surface area contributed by atoms with Crippen molar-refractivity contribution in [3.63, 3.8) is 0 Å². The van der Waals surface area contributed by atoms with E-state index in [-0.39, 0.29) is 17.4 Å². The number of aryl methyl sites for hydroxylation is 1. The molecule has 32 heavy (non-hydrogen) atoms. The van der Waals surface area contributed by atoms with E-state index in [0.29, 0.717) is 17.3 Å². The largest absolute Gasteiger partial charge is 0.497 e. The van der Waals surface area contributed by atoms with Gasteiger partial charge in [0, 0.05) is 73.7 Å². The zero-order chi connectivity index (χ0) is 21.9. The summed E-state index contributed by atoms with van der Waals surface area (Å²) in [4.78, 5) is 18.8. The van der Waals surface area contributed by atoms with Gasteiger partial charge < -0.3 is 24.3 Å². The molecule has 1 aromatic heterocycles. The number of nitrogens with one attached hydrogen (secondary N) is 1. The van der Waals surface area contributed by atoms with Crippen molar-refractivity contribution >= 4 is 16.9 Å². The van der Waals surface area contributed by atoms with Crippen LogP contribution in [-0.4, -0.2) is 68.1 Å². The second kappa shape index (κ2) is 7.36. The van der Waals surface area contributed by atoms with Crippen molar-refractivity contribution < 1.29 is 13.9 Å². The van der Waals surface area contributed by atoms with Crippen LogP contribution in [0.3, 0.4) is 0 Å². The number of carbonyl (C=O) groups is 1. The highest BCUT2D eigenvalue weighted by atomic mass is 16.5. The minimum Gasteiger partial charge on any atom is -0.497 e. The Bertz CT molecular complexity index is 1160. The van der Waals surface area contributed by atoms with E-state index in [2.05, 4.69) is 45.4 Å². The monoisotopic (exact) mass is 431 g/mol. The molecule has 1 N–H and O–H groups in total. The molecule has 4 fully saturated rings. The molecule has 6 heteroatoms. The zero-order valence-corrected chi connectivity index (χ0v) is 18.6. The molecule has 3 atom stereocenters. The van der Waals surface area contributed by atoms with Gasteiger partial charge in [0.2, 0.25) is 0 Å². The van der Waals surface area contributed by atoms with E-state index < -0.39 is 0 Å². The molecule has 2 aromatic carbocycles. The number of fused-ring (bicyclic) bond motifs is 2. The van der Waals surface area contributed by atoms with Crippen molar-refractivity contribution in [2.75, 3.05) is 46.4 Å². The minimum atomic E-state index is -0.117. The zero-order valence-electron chi connectivity index (χ0n) is 18.6. The number of amides is 1. The Morgan fingerprint density at radius 3 is 2.50 bits per heavy atom. The molecular weight excluding hydrogens is 402 g/mol. The van der Waals surface area contributed by atoms with Gasteiger partial charge >= 0.3 is 0 Å². The number of furan rings is 1. The molecule has 2 unspecified atom stereocenters. The van der Waals surface area contributed by atoms with Crippen LogP contribution in [0.5, 0.6) is 5.75 Å². The molecule has 7 rings (SSSR count). The van der Waals surface area contributed by atoms with Crippen LogP contribution in [0.1, 0.15) is 21.7 Å². The van der Waals surface area contributed by atoms with E-state index in [0.717, 1.165) is 56.0 Å². The van der Waals surface area contributed by atoms with Crippen LogP contribution in [0.2, 0.25) is 0 Å². The number of carbonyl (C=O) groups excluding carboxylic acids is 1. The Morgan fingerprint density at radius 2 is 1.81 bits per heavy atom. The maximum absolute atomic E-state index is 13.6. The number of ether oxygens (including phenoxy) is 1. The van der Waals surface area contributed by atoms with Gasteiger partial charge in [-0.05, 0) is 24.6 Å². The lowest BCUT2D eigenvalue weighted by Gasteiger charge is -2.55. The third kappa shape index (κ3) is 2.97. The minimum absolute atomic E-state index is 0.0742. The van der Waals surface area contributed by atoms with Crippen molar-refractivity contribution in [1.82, 2.24) is 15.1 Å². The van der Waals surface area contributed by atoms with Crippen molar-refractivity contribution in [1.29, 1.82) is 0 Å². The summed E-state index contributed by atoms with van der Waals surface area (Å²) in [6.45, 7) is 8.20. The third-order valence-electron chi connectivity index (χ3n) is 7.78. The van der Waals surface area contributed by atoms with Gasteiger partial charge in [0.25, 0.3) is 5.91 Å². The summed E-state index contributed by atoms with van der Waals surface area (Å²) in [5.74, 6) is 1.41. The standard InChI is InChI=1S/C26H29N3O3/c1-17-21-9-8-20(31-2)12-22(21)32-23(17)25(30)27-24-18-13-28-10-11-29(14-18)16-26(24,15-28)19-6-4-3-5-7-19/h3-9,12,18,24H,10-11,13-16H2,1-2H3,(H,27,30)/t18?,24-,26?/m0/s1. The maximum Gasteiger partial charge on any atom is 0.287 e. The van der Waals surface area contributed by atoms with Gasteiger partial charge in [0.15, 0.2) is 5.76 Å². The summed E-state index contributed by atoms with van der Waals surface area (Å²) >= 11 is 0. The van der Waals surface area contributed by atoms with Gasteiger partial charge in [-0.25, -0.2) is 0 Å². The van der Waals surface area contributed by atoms with Crippen molar-refractivity contribution in [2.45, 2.75) is 18.4 Å². The fraction of sp³-hybridized carbons (Fsp3) is 0.423. The number of hydrogen-bond donors (Lipinski definition) is 1. The van der Waals surface area contributed by atoms with E-state index in [1.807, 2.05) is 25.1 Å². The summed E-state index contributed by atoms with van der Waals surface area (Å²) in [7, 11) is 1.63. The highest BCUT2D eigenvalue weighted by molar-refractivity contribution is 5.99. The molecule has 0 radical (unpaired) electrons. The molecule has 0 aliphatic carbocycles. The fourth-order valence-electron chi connectivity index (χ4n) is 6.32. The van der Waals surface area contributed by atoms with Gasteiger partial charge in [-0.3, -0.25) is 4.79 Å². The summed E-state index contributed by atoms with van der Waals surface area (Å²) in [6, 6.07) is 16.5.